The molecular weight excluding hydrogens is 256 g/mol. The first-order valence-electron chi connectivity index (χ1n) is 6.57. The highest BCUT2D eigenvalue weighted by Crippen LogP contribution is 2.38. The van der Waals surface area contributed by atoms with Gasteiger partial charge in [0.2, 0.25) is 0 Å². The standard InChI is InChI=1S/C16H17ClN2/c17-14-7-5-12(6-8-14)16-15-4-2-1-3-13(15)11-19(16)10-9-18/h1-8,16H,9-11,18H2. The Kier molecular flexibility index (Phi) is 3.56. The van der Waals surface area contributed by atoms with Gasteiger partial charge < -0.3 is 5.73 Å². The fourth-order valence-electron chi connectivity index (χ4n) is 2.86. The Morgan fingerprint density at radius 2 is 1.84 bits per heavy atom. The third-order valence-corrected chi connectivity index (χ3v) is 3.94. The summed E-state index contributed by atoms with van der Waals surface area (Å²) in [6.07, 6.45) is 0. The molecule has 3 heteroatoms. The number of nitrogens with zero attached hydrogens (tertiary/aromatic N) is 1. The molecule has 0 aliphatic carbocycles. The fourth-order valence-corrected chi connectivity index (χ4v) is 2.99. The Labute approximate surface area is 118 Å². The van der Waals surface area contributed by atoms with Gasteiger partial charge in [0.25, 0.3) is 0 Å². The lowest BCUT2D eigenvalue weighted by atomic mass is 9.98. The summed E-state index contributed by atoms with van der Waals surface area (Å²) in [5.74, 6) is 0. The van der Waals surface area contributed by atoms with E-state index in [1.165, 1.54) is 16.7 Å². The number of hydrogen-bond acceptors (Lipinski definition) is 2. The van der Waals surface area contributed by atoms with Crippen LogP contribution in [0.15, 0.2) is 48.5 Å². The van der Waals surface area contributed by atoms with Crippen molar-refractivity contribution in [3.63, 3.8) is 0 Å². The zero-order chi connectivity index (χ0) is 13.2. The second kappa shape index (κ2) is 5.33. The third kappa shape index (κ3) is 2.39. The van der Waals surface area contributed by atoms with Crippen LogP contribution in [0.5, 0.6) is 0 Å². The van der Waals surface area contributed by atoms with Crippen molar-refractivity contribution in [3.8, 4) is 0 Å². The maximum atomic E-state index is 5.98. The molecule has 0 spiro atoms. The van der Waals surface area contributed by atoms with Gasteiger partial charge in [-0.3, -0.25) is 4.90 Å². The first kappa shape index (κ1) is 12.7. The van der Waals surface area contributed by atoms with E-state index < -0.39 is 0 Å². The van der Waals surface area contributed by atoms with Gasteiger partial charge in [-0.1, -0.05) is 48.0 Å². The quantitative estimate of drug-likeness (QED) is 0.930. The molecule has 0 amide bonds. The Bertz CT molecular complexity index is 565. The predicted molar refractivity (Wildman–Crippen MR) is 79.2 cm³/mol. The van der Waals surface area contributed by atoms with Gasteiger partial charge >= 0.3 is 0 Å². The molecule has 0 saturated carbocycles. The molecule has 1 unspecified atom stereocenters. The average Bonchev–Trinajstić information content (AvgIpc) is 2.78. The fraction of sp³-hybridized carbons (Fsp3) is 0.250. The van der Waals surface area contributed by atoms with Crippen molar-refractivity contribution in [2.24, 2.45) is 5.73 Å². The second-order valence-corrected chi connectivity index (χ2v) is 5.35. The number of benzene rings is 2. The Balaban J connectivity index is 2.02. The van der Waals surface area contributed by atoms with Crippen LogP contribution >= 0.6 is 11.6 Å². The van der Waals surface area contributed by atoms with Crippen molar-refractivity contribution < 1.29 is 0 Å². The van der Waals surface area contributed by atoms with Crippen molar-refractivity contribution in [2.75, 3.05) is 13.1 Å². The van der Waals surface area contributed by atoms with E-state index in [1.807, 2.05) is 12.1 Å². The SMILES string of the molecule is NCCN1Cc2ccccc2C1c1ccc(Cl)cc1. The lowest BCUT2D eigenvalue weighted by molar-refractivity contribution is 0.251. The smallest absolute Gasteiger partial charge is 0.0608 e. The van der Waals surface area contributed by atoms with Crippen molar-refractivity contribution in [3.05, 3.63) is 70.2 Å². The monoisotopic (exact) mass is 272 g/mol. The van der Waals surface area contributed by atoms with Gasteiger partial charge in [0.05, 0.1) is 6.04 Å². The highest BCUT2D eigenvalue weighted by Gasteiger charge is 2.30. The minimum atomic E-state index is 0.303. The van der Waals surface area contributed by atoms with Gasteiger partial charge in [-0.15, -0.1) is 0 Å². The molecule has 0 aromatic heterocycles. The highest BCUT2D eigenvalue weighted by atomic mass is 35.5. The maximum Gasteiger partial charge on any atom is 0.0608 e. The van der Waals surface area contributed by atoms with Crippen LogP contribution < -0.4 is 5.73 Å². The van der Waals surface area contributed by atoms with Crippen molar-refractivity contribution >= 4 is 11.6 Å². The van der Waals surface area contributed by atoms with Crippen LogP contribution in [-0.2, 0) is 6.54 Å². The maximum absolute atomic E-state index is 5.98. The van der Waals surface area contributed by atoms with Crippen LogP contribution in [0.25, 0.3) is 0 Å². The lowest BCUT2D eigenvalue weighted by Crippen LogP contribution is -2.28. The topological polar surface area (TPSA) is 29.3 Å². The number of halogens is 1. The zero-order valence-electron chi connectivity index (χ0n) is 10.7. The second-order valence-electron chi connectivity index (χ2n) is 4.91. The van der Waals surface area contributed by atoms with Gasteiger partial charge in [-0.2, -0.15) is 0 Å². The molecule has 0 saturated heterocycles. The molecule has 1 aliphatic heterocycles. The molecule has 2 aromatic carbocycles. The molecule has 19 heavy (non-hydrogen) atoms. The molecule has 2 aromatic rings. The van der Waals surface area contributed by atoms with Crippen molar-refractivity contribution in [1.29, 1.82) is 0 Å². The molecule has 2 nitrogen and oxygen atoms in total. The Morgan fingerprint density at radius 1 is 1.11 bits per heavy atom. The number of fused-ring (bicyclic) bond motifs is 1. The summed E-state index contributed by atoms with van der Waals surface area (Å²) in [5.41, 5.74) is 9.81. The van der Waals surface area contributed by atoms with Gasteiger partial charge in [-0.05, 0) is 28.8 Å². The van der Waals surface area contributed by atoms with Crippen LogP contribution in [0.4, 0.5) is 0 Å². The van der Waals surface area contributed by atoms with Gasteiger partial charge in [0.15, 0.2) is 0 Å². The summed E-state index contributed by atoms with van der Waals surface area (Å²) < 4.78 is 0. The Morgan fingerprint density at radius 3 is 2.58 bits per heavy atom. The normalized spacial score (nSPS) is 18.5. The minimum absolute atomic E-state index is 0.303. The van der Waals surface area contributed by atoms with Crippen LogP contribution in [0.2, 0.25) is 5.02 Å². The summed E-state index contributed by atoms with van der Waals surface area (Å²) in [6.45, 7) is 2.56. The van der Waals surface area contributed by atoms with Crippen molar-refractivity contribution in [1.82, 2.24) is 4.90 Å². The summed E-state index contributed by atoms with van der Waals surface area (Å²) in [5, 5.41) is 0.778. The van der Waals surface area contributed by atoms with Crippen molar-refractivity contribution in [2.45, 2.75) is 12.6 Å². The van der Waals surface area contributed by atoms with Gasteiger partial charge in [0.1, 0.15) is 0 Å². The predicted octanol–water partition coefficient (Wildman–Crippen LogP) is 3.20. The first-order chi connectivity index (χ1) is 9.29. The summed E-state index contributed by atoms with van der Waals surface area (Å²) in [6, 6.07) is 17.1. The summed E-state index contributed by atoms with van der Waals surface area (Å²) >= 11 is 5.98. The molecule has 2 N–H and O–H groups in total. The van der Waals surface area contributed by atoms with E-state index in [4.69, 9.17) is 17.3 Å². The van der Waals surface area contributed by atoms with E-state index in [0.717, 1.165) is 18.1 Å². The number of nitrogens with two attached hydrogens (primary N) is 1. The van der Waals surface area contributed by atoms with Gasteiger partial charge in [-0.25, -0.2) is 0 Å². The lowest BCUT2D eigenvalue weighted by Gasteiger charge is -2.25. The number of hydrogen-bond donors (Lipinski definition) is 1. The third-order valence-electron chi connectivity index (χ3n) is 3.69. The molecule has 1 atom stereocenters. The molecule has 98 valence electrons. The van der Waals surface area contributed by atoms with E-state index in [9.17, 15) is 0 Å². The van der Waals surface area contributed by atoms with E-state index in [0.29, 0.717) is 12.6 Å². The van der Waals surface area contributed by atoms with Crippen LogP contribution in [-0.4, -0.2) is 18.0 Å². The summed E-state index contributed by atoms with van der Waals surface area (Å²) in [4.78, 5) is 2.42. The van der Waals surface area contributed by atoms with Gasteiger partial charge in [0, 0.05) is 24.7 Å². The van der Waals surface area contributed by atoms with E-state index in [-0.39, 0.29) is 0 Å². The molecule has 0 radical (unpaired) electrons. The molecule has 1 aliphatic rings. The van der Waals surface area contributed by atoms with Crippen LogP contribution in [0.1, 0.15) is 22.7 Å². The van der Waals surface area contributed by atoms with E-state index in [1.54, 1.807) is 0 Å². The van der Waals surface area contributed by atoms with Crippen LogP contribution in [0, 0.1) is 0 Å². The molecular formula is C16H17ClN2. The molecule has 0 bridgehead atoms. The average molecular weight is 273 g/mol. The van der Waals surface area contributed by atoms with E-state index >= 15 is 0 Å². The largest absolute Gasteiger partial charge is 0.329 e. The minimum Gasteiger partial charge on any atom is -0.329 e. The molecule has 1 heterocycles. The first-order valence-corrected chi connectivity index (χ1v) is 6.95. The summed E-state index contributed by atoms with van der Waals surface area (Å²) in [7, 11) is 0. The van der Waals surface area contributed by atoms with Crippen LogP contribution in [0.3, 0.4) is 0 Å². The number of rotatable bonds is 3. The Hall–Kier alpha value is -1.35. The molecule has 3 rings (SSSR count). The zero-order valence-corrected chi connectivity index (χ0v) is 11.5. The molecule has 0 fully saturated rings. The van der Waals surface area contributed by atoms with E-state index in [2.05, 4.69) is 41.3 Å². The highest BCUT2D eigenvalue weighted by molar-refractivity contribution is 6.30.